The molecule has 1 heterocycles. The van der Waals surface area contributed by atoms with Crippen molar-refractivity contribution >= 4 is 15.9 Å². The van der Waals surface area contributed by atoms with Crippen LogP contribution in [0.25, 0.3) is 0 Å². The van der Waals surface area contributed by atoms with Crippen molar-refractivity contribution < 1.29 is 9.47 Å². The van der Waals surface area contributed by atoms with Crippen molar-refractivity contribution in [3.63, 3.8) is 0 Å². The number of ether oxygens (including phenoxy) is 2. The van der Waals surface area contributed by atoms with Crippen LogP contribution in [-0.2, 0) is 4.74 Å². The van der Waals surface area contributed by atoms with Gasteiger partial charge in [0.25, 0.3) is 0 Å². The predicted molar refractivity (Wildman–Crippen MR) is 85.2 cm³/mol. The molecule has 0 saturated carbocycles. The van der Waals surface area contributed by atoms with Crippen LogP contribution < -0.4 is 10.1 Å². The number of hydrogen-bond donors (Lipinski definition) is 1. The zero-order chi connectivity index (χ0) is 14.4. The standard InChI is InChI=1S/C16H24BrNO2/c1-12(2)9-18-10-15-6-7-16(20-15)11-19-14-5-3-4-13(17)8-14/h3-5,8,12,15-16,18H,6-7,9-11H2,1-2H3. The van der Waals surface area contributed by atoms with Crippen LogP contribution in [0.15, 0.2) is 28.7 Å². The van der Waals surface area contributed by atoms with Crippen molar-refractivity contribution in [1.82, 2.24) is 5.32 Å². The van der Waals surface area contributed by atoms with E-state index in [1.807, 2.05) is 24.3 Å². The summed E-state index contributed by atoms with van der Waals surface area (Å²) >= 11 is 3.45. The lowest BCUT2D eigenvalue weighted by molar-refractivity contribution is 0.0184. The van der Waals surface area contributed by atoms with Crippen LogP contribution in [-0.4, -0.2) is 31.9 Å². The number of benzene rings is 1. The monoisotopic (exact) mass is 341 g/mol. The maximum atomic E-state index is 6.00. The molecule has 1 N–H and O–H groups in total. The van der Waals surface area contributed by atoms with Crippen molar-refractivity contribution in [2.45, 2.75) is 38.9 Å². The normalized spacial score (nSPS) is 22.4. The summed E-state index contributed by atoms with van der Waals surface area (Å²) in [4.78, 5) is 0. The second-order valence-electron chi connectivity index (χ2n) is 5.78. The summed E-state index contributed by atoms with van der Waals surface area (Å²) in [5.41, 5.74) is 0. The second-order valence-corrected chi connectivity index (χ2v) is 6.69. The van der Waals surface area contributed by atoms with Gasteiger partial charge in [0.1, 0.15) is 12.4 Å². The molecule has 1 saturated heterocycles. The first kappa shape index (κ1) is 15.8. The van der Waals surface area contributed by atoms with Gasteiger partial charge in [-0.25, -0.2) is 0 Å². The zero-order valence-corrected chi connectivity index (χ0v) is 13.9. The molecule has 1 aromatic rings. The molecule has 1 aromatic carbocycles. The summed E-state index contributed by atoms with van der Waals surface area (Å²) in [6, 6.07) is 7.93. The van der Waals surface area contributed by atoms with E-state index in [0.717, 1.165) is 36.2 Å². The van der Waals surface area contributed by atoms with Crippen LogP contribution in [0.3, 0.4) is 0 Å². The molecule has 3 nitrogen and oxygen atoms in total. The Morgan fingerprint density at radius 1 is 1.35 bits per heavy atom. The largest absolute Gasteiger partial charge is 0.491 e. The van der Waals surface area contributed by atoms with E-state index in [-0.39, 0.29) is 6.10 Å². The number of halogens is 1. The average molecular weight is 342 g/mol. The molecular weight excluding hydrogens is 318 g/mol. The summed E-state index contributed by atoms with van der Waals surface area (Å²) in [7, 11) is 0. The second kappa shape index (κ2) is 8.01. The molecule has 1 aliphatic rings. The van der Waals surface area contributed by atoms with Crippen molar-refractivity contribution in [2.24, 2.45) is 5.92 Å². The lowest BCUT2D eigenvalue weighted by atomic mass is 10.2. The highest BCUT2D eigenvalue weighted by Gasteiger charge is 2.25. The average Bonchev–Trinajstić information content (AvgIpc) is 2.84. The molecule has 0 amide bonds. The Balaban J connectivity index is 1.66. The van der Waals surface area contributed by atoms with Gasteiger partial charge in [0.2, 0.25) is 0 Å². The van der Waals surface area contributed by atoms with Crippen LogP contribution in [0, 0.1) is 5.92 Å². The number of nitrogens with one attached hydrogen (secondary N) is 1. The predicted octanol–water partition coefficient (Wildman–Crippen LogP) is 3.62. The van der Waals surface area contributed by atoms with E-state index < -0.39 is 0 Å². The summed E-state index contributed by atoms with van der Waals surface area (Å²) in [5.74, 6) is 1.58. The van der Waals surface area contributed by atoms with Crippen molar-refractivity contribution in [3.05, 3.63) is 28.7 Å². The van der Waals surface area contributed by atoms with Crippen molar-refractivity contribution in [1.29, 1.82) is 0 Å². The van der Waals surface area contributed by atoms with E-state index in [1.54, 1.807) is 0 Å². The zero-order valence-electron chi connectivity index (χ0n) is 12.3. The van der Waals surface area contributed by atoms with E-state index in [1.165, 1.54) is 0 Å². The summed E-state index contributed by atoms with van der Waals surface area (Å²) in [6.07, 6.45) is 2.77. The third-order valence-electron chi connectivity index (χ3n) is 3.35. The van der Waals surface area contributed by atoms with Gasteiger partial charge in [0.05, 0.1) is 12.2 Å². The van der Waals surface area contributed by atoms with Gasteiger partial charge >= 0.3 is 0 Å². The lowest BCUT2D eigenvalue weighted by Gasteiger charge is -2.16. The molecule has 0 aliphatic carbocycles. The molecule has 2 rings (SSSR count). The molecule has 2 atom stereocenters. The maximum absolute atomic E-state index is 6.00. The van der Waals surface area contributed by atoms with Crippen molar-refractivity contribution in [2.75, 3.05) is 19.7 Å². The molecule has 0 radical (unpaired) electrons. The van der Waals surface area contributed by atoms with Gasteiger partial charge < -0.3 is 14.8 Å². The highest BCUT2D eigenvalue weighted by atomic mass is 79.9. The number of hydrogen-bond acceptors (Lipinski definition) is 3. The van der Waals surface area contributed by atoms with Crippen LogP contribution in [0.4, 0.5) is 0 Å². The van der Waals surface area contributed by atoms with Gasteiger partial charge in [-0.1, -0.05) is 35.8 Å². The Bertz CT molecular complexity index is 411. The molecule has 1 fully saturated rings. The molecule has 2 unspecified atom stereocenters. The Labute approximate surface area is 130 Å². The molecule has 4 heteroatoms. The van der Waals surface area contributed by atoms with Crippen LogP contribution in [0.1, 0.15) is 26.7 Å². The first-order chi connectivity index (χ1) is 9.63. The molecular formula is C16H24BrNO2. The summed E-state index contributed by atoms with van der Waals surface area (Å²) < 4.78 is 12.8. The van der Waals surface area contributed by atoms with Gasteiger partial charge in [-0.2, -0.15) is 0 Å². The third kappa shape index (κ3) is 5.43. The number of rotatable bonds is 7. The molecule has 20 heavy (non-hydrogen) atoms. The van der Waals surface area contributed by atoms with E-state index in [0.29, 0.717) is 18.6 Å². The van der Waals surface area contributed by atoms with Gasteiger partial charge in [-0.3, -0.25) is 0 Å². The van der Waals surface area contributed by atoms with Crippen LogP contribution >= 0.6 is 15.9 Å². The van der Waals surface area contributed by atoms with E-state index in [2.05, 4.69) is 35.1 Å². The van der Waals surface area contributed by atoms with E-state index in [9.17, 15) is 0 Å². The van der Waals surface area contributed by atoms with Gasteiger partial charge in [-0.05, 0) is 43.5 Å². The van der Waals surface area contributed by atoms with Crippen LogP contribution in [0.5, 0.6) is 5.75 Å². The summed E-state index contributed by atoms with van der Waals surface area (Å²) in [5, 5.41) is 3.46. The minimum absolute atomic E-state index is 0.222. The smallest absolute Gasteiger partial charge is 0.120 e. The van der Waals surface area contributed by atoms with Gasteiger partial charge in [0, 0.05) is 11.0 Å². The minimum atomic E-state index is 0.222. The highest BCUT2D eigenvalue weighted by molar-refractivity contribution is 9.10. The molecule has 112 valence electrons. The Morgan fingerprint density at radius 2 is 2.15 bits per heavy atom. The fourth-order valence-electron chi connectivity index (χ4n) is 2.33. The topological polar surface area (TPSA) is 30.5 Å². The molecule has 0 bridgehead atoms. The highest BCUT2D eigenvalue weighted by Crippen LogP contribution is 2.22. The van der Waals surface area contributed by atoms with Crippen molar-refractivity contribution in [3.8, 4) is 5.75 Å². The minimum Gasteiger partial charge on any atom is -0.491 e. The Hall–Kier alpha value is -0.580. The fourth-order valence-corrected chi connectivity index (χ4v) is 2.71. The summed E-state index contributed by atoms with van der Waals surface area (Å²) in [6.45, 7) is 7.08. The quantitative estimate of drug-likeness (QED) is 0.821. The third-order valence-corrected chi connectivity index (χ3v) is 3.85. The maximum Gasteiger partial charge on any atom is 0.120 e. The fraction of sp³-hybridized carbons (Fsp3) is 0.625. The van der Waals surface area contributed by atoms with Crippen LogP contribution in [0.2, 0.25) is 0 Å². The van der Waals surface area contributed by atoms with Gasteiger partial charge in [0.15, 0.2) is 0 Å². The van der Waals surface area contributed by atoms with E-state index in [4.69, 9.17) is 9.47 Å². The molecule has 0 aromatic heterocycles. The molecule has 1 aliphatic heterocycles. The Morgan fingerprint density at radius 3 is 2.90 bits per heavy atom. The Kier molecular flexibility index (Phi) is 6.33. The lowest BCUT2D eigenvalue weighted by Crippen LogP contribution is -2.30. The van der Waals surface area contributed by atoms with Gasteiger partial charge in [-0.15, -0.1) is 0 Å². The first-order valence-corrected chi connectivity index (χ1v) is 8.17. The first-order valence-electron chi connectivity index (χ1n) is 7.38. The SMILES string of the molecule is CC(C)CNCC1CCC(COc2cccc(Br)c2)O1. The molecule has 0 spiro atoms. The van der Waals surface area contributed by atoms with E-state index >= 15 is 0 Å².